The topological polar surface area (TPSA) is 34.9 Å². The van der Waals surface area contributed by atoms with Crippen LogP contribution in [0.4, 0.5) is 13.2 Å². The van der Waals surface area contributed by atoms with Crippen molar-refractivity contribution in [1.82, 2.24) is 9.55 Å². The van der Waals surface area contributed by atoms with E-state index in [-0.39, 0.29) is 12.2 Å². The van der Waals surface area contributed by atoms with E-state index in [1.807, 2.05) is 0 Å². The predicted molar refractivity (Wildman–Crippen MR) is 69.2 cm³/mol. The lowest BCUT2D eigenvalue weighted by atomic mass is 10.2. The van der Waals surface area contributed by atoms with Gasteiger partial charge in [-0.25, -0.2) is 4.98 Å². The van der Waals surface area contributed by atoms with Crippen LogP contribution >= 0.6 is 11.6 Å². The predicted octanol–water partition coefficient (Wildman–Crippen LogP) is 3.47. The third-order valence-electron chi connectivity index (χ3n) is 2.68. The Labute approximate surface area is 117 Å². The van der Waals surface area contributed by atoms with Gasteiger partial charge in [0.05, 0.1) is 5.69 Å². The zero-order chi connectivity index (χ0) is 14.9. The molecule has 7 heteroatoms. The molecule has 2 rings (SSSR count). The number of nitrogens with zero attached hydrogens (tertiary/aromatic N) is 2. The molecule has 106 valence electrons. The van der Waals surface area contributed by atoms with Gasteiger partial charge in [0.1, 0.15) is 5.82 Å². The van der Waals surface area contributed by atoms with Gasteiger partial charge < -0.3 is 0 Å². The molecule has 0 atom stereocenters. The van der Waals surface area contributed by atoms with Crippen molar-refractivity contribution in [3.05, 3.63) is 57.2 Å². The molecular weight excluding hydrogens is 293 g/mol. The molecule has 2 aromatic rings. The minimum Gasteiger partial charge on any atom is -0.269 e. The van der Waals surface area contributed by atoms with Crippen molar-refractivity contribution in [2.45, 2.75) is 19.5 Å². The highest BCUT2D eigenvalue weighted by Gasteiger charge is 2.34. The molecule has 0 amide bonds. The van der Waals surface area contributed by atoms with Gasteiger partial charge in [-0.05, 0) is 24.3 Å². The SMILES string of the molecule is CCc1nc(C(F)(F)F)cc(=O)n1-c1ccc(Cl)cc1. The molecule has 3 nitrogen and oxygen atoms in total. The number of alkyl halides is 3. The number of aryl methyl sites for hydroxylation is 1. The molecule has 0 saturated carbocycles. The maximum atomic E-state index is 12.6. The summed E-state index contributed by atoms with van der Waals surface area (Å²) in [4.78, 5) is 15.5. The Balaban J connectivity index is 2.65. The van der Waals surface area contributed by atoms with Crippen molar-refractivity contribution in [1.29, 1.82) is 0 Å². The summed E-state index contributed by atoms with van der Waals surface area (Å²) in [5.74, 6) is 0.0483. The largest absolute Gasteiger partial charge is 0.433 e. The number of hydrogen-bond donors (Lipinski definition) is 0. The molecule has 0 aliphatic rings. The van der Waals surface area contributed by atoms with Crippen molar-refractivity contribution >= 4 is 11.6 Å². The first-order chi connectivity index (χ1) is 9.32. The van der Waals surface area contributed by atoms with Crippen molar-refractivity contribution in [3.8, 4) is 5.69 Å². The first-order valence-electron chi connectivity index (χ1n) is 5.79. The van der Waals surface area contributed by atoms with Gasteiger partial charge in [-0.2, -0.15) is 13.2 Å². The monoisotopic (exact) mass is 302 g/mol. The molecule has 1 aromatic carbocycles. The molecular formula is C13H10ClF3N2O. The summed E-state index contributed by atoms with van der Waals surface area (Å²) in [7, 11) is 0. The summed E-state index contributed by atoms with van der Waals surface area (Å²) in [6.45, 7) is 1.63. The quantitative estimate of drug-likeness (QED) is 0.851. The Morgan fingerprint density at radius 1 is 1.25 bits per heavy atom. The normalized spacial score (nSPS) is 11.7. The molecule has 0 spiro atoms. The van der Waals surface area contributed by atoms with E-state index in [1.165, 1.54) is 0 Å². The van der Waals surface area contributed by atoms with Crippen LogP contribution in [0.3, 0.4) is 0 Å². The van der Waals surface area contributed by atoms with Gasteiger partial charge in [0, 0.05) is 17.5 Å². The average Bonchev–Trinajstić information content (AvgIpc) is 2.38. The van der Waals surface area contributed by atoms with Crippen LogP contribution in [0.5, 0.6) is 0 Å². The van der Waals surface area contributed by atoms with E-state index in [9.17, 15) is 18.0 Å². The molecule has 0 unspecified atom stereocenters. The summed E-state index contributed by atoms with van der Waals surface area (Å²) in [6, 6.07) is 6.71. The van der Waals surface area contributed by atoms with Crippen LogP contribution in [0.25, 0.3) is 5.69 Å². The number of benzene rings is 1. The van der Waals surface area contributed by atoms with Crippen LogP contribution in [0.1, 0.15) is 18.4 Å². The molecule has 0 fully saturated rings. The van der Waals surface area contributed by atoms with Crippen molar-refractivity contribution in [2.75, 3.05) is 0 Å². The molecule has 0 radical (unpaired) electrons. The van der Waals surface area contributed by atoms with Gasteiger partial charge in [-0.1, -0.05) is 18.5 Å². The molecule has 0 bridgehead atoms. The Morgan fingerprint density at radius 3 is 2.35 bits per heavy atom. The summed E-state index contributed by atoms with van der Waals surface area (Å²) >= 11 is 5.75. The minimum atomic E-state index is -4.64. The van der Waals surface area contributed by atoms with Crippen LogP contribution in [-0.2, 0) is 12.6 Å². The first kappa shape index (κ1) is 14.6. The van der Waals surface area contributed by atoms with Gasteiger partial charge in [-0.3, -0.25) is 9.36 Å². The average molecular weight is 303 g/mol. The van der Waals surface area contributed by atoms with Crippen LogP contribution in [0, 0.1) is 0 Å². The van der Waals surface area contributed by atoms with Crippen LogP contribution < -0.4 is 5.56 Å². The molecule has 0 aliphatic heterocycles. The fourth-order valence-corrected chi connectivity index (χ4v) is 1.90. The van der Waals surface area contributed by atoms with E-state index < -0.39 is 17.4 Å². The minimum absolute atomic E-state index is 0.0483. The van der Waals surface area contributed by atoms with E-state index in [0.717, 1.165) is 4.57 Å². The Hall–Kier alpha value is -1.82. The van der Waals surface area contributed by atoms with Crippen molar-refractivity contribution in [3.63, 3.8) is 0 Å². The third-order valence-corrected chi connectivity index (χ3v) is 2.93. The van der Waals surface area contributed by atoms with Crippen LogP contribution in [0.15, 0.2) is 35.1 Å². The van der Waals surface area contributed by atoms with Crippen molar-refractivity contribution < 1.29 is 13.2 Å². The number of halogens is 4. The summed E-state index contributed by atoms with van der Waals surface area (Å²) < 4.78 is 39.1. The lowest BCUT2D eigenvalue weighted by Crippen LogP contribution is -2.26. The second-order valence-electron chi connectivity index (χ2n) is 4.06. The molecule has 0 aliphatic carbocycles. The Morgan fingerprint density at radius 2 is 1.85 bits per heavy atom. The van der Waals surface area contributed by atoms with E-state index in [0.29, 0.717) is 16.8 Å². The lowest BCUT2D eigenvalue weighted by Gasteiger charge is -2.13. The van der Waals surface area contributed by atoms with Crippen molar-refractivity contribution in [2.24, 2.45) is 0 Å². The van der Waals surface area contributed by atoms with E-state index in [1.54, 1.807) is 31.2 Å². The summed E-state index contributed by atoms with van der Waals surface area (Å²) in [5, 5.41) is 0.472. The van der Waals surface area contributed by atoms with E-state index in [4.69, 9.17) is 11.6 Å². The third kappa shape index (κ3) is 2.85. The zero-order valence-corrected chi connectivity index (χ0v) is 11.2. The number of aromatic nitrogens is 2. The molecule has 20 heavy (non-hydrogen) atoms. The van der Waals surface area contributed by atoms with Gasteiger partial charge in [0.2, 0.25) is 0 Å². The molecule has 0 saturated heterocycles. The second kappa shape index (κ2) is 5.28. The molecule has 1 aromatic heterocycles. The zero-order valence-electron chi connectivity index (χ0n) is 10.4. The summed E-state index contributed by atoms with van der Waals surface area (Å²) in [5.41, 5.74) is -1.52. The maximum Gasteiger partial charge on any atom is 0.433 e. The standard InChI is InChI=1S/C13H10ClF3N2O/c1-2-11-18-10(13(15,16)17)7-12(20)19(11)9-5-3-8(14)4-6-9/h3-7H,2H2,1H3. The van der Waals surface area contributed by atoms with E-state index >= 15 is 0 Å². The highest BCUT2D eigenvalue weighted by molar-refractivity contribution is 6.30. The van der Waals surface area contributed by atoms with Crippen LogP contribution in [0.2, 0.25) is 5.02 Å². The molecule has 0 N–H and O–H groups in total. The number of hydrogen-bond acceptors (Lipinski definition) is 2. The van der Waals surface area contributed by atoms with Gasteiger partial charge >= 0.3 is 6.18 Å². The number of rotatable bonds is 2. The highest BCUT2D eigenvalue weighted by atomic mass is 35.5. The highest BCUT2D eigenvalue weighted by Crippen LogP contribution is 2.27. The second-order valence-corrected chi connectivity index (χ2v) is 4.50. The van der Waals surface area contributed by atoms with Gasteiger partial charge in [-0.15, -0.1) is 0 Å². The summed E-state index contributed by atoms with van der Waals surface area (Å²) in [6.07, 6.45) is -4.44. The first-order valence-corrected chi connectivity index (χ1v) is 6.17. The Bertz CT molecular complexity index is 677. The fraction of sp³-hybridized carbons (Fsp3) is 0.231. The Kier molecular flexibility index (Phi) is 3.85. The fourth-order valence-electron chi connectivity index (χ4n) is 1.78. The smallest absolute Gasteiger partial charge is 0.269 e. The maximum absolute atomic E-state index is 12.6. The van der Waals surface area contributed by atoms with Crippen LogP contribution in [-0.4, -0.2) is 9.55 Å². The van der Waals surface area contributed by atoms with E-state index in [2.05, 4.69) is 4.98 Å². The van der Waals surface area contributed by atoms with Gasteiger partial charge in [0.25, 0.3) is 5.56 Å². The lowest BCUT2D eigenvalue weighted by molar-refractivity contribution is -0.141. The van der Waals surface area contributed by atoms with Gasteiger partial charge in [0.15, 0.2) is 5.69 Å². The molecule has 1 heterocycles.